The zero-order valence-electron chi connectivity index (χ0n) is 18.0. The molecule has 0 bridgehead atoms. The van der Waals surface area contributed by atoms with Gasteiger partial charge in [0.1, 0.15) is 11.6 Å². The van der Waals surface area contributed by atoms with E-state index in [-0.39, 0.29) is 5.56 Å². The highest BCUT2D eigenvalue weighted by molar-refractivity contribution is 6.04. The zero-order chi connectivity index (χ0) is 22.3. The number of hydrogen-bond acceptors (Lipinski definition) is 6. The lowest BCUT2D eigenvalue weighted by Crippen LogP contribution is -2.26. The number of pyridine rings is 2. The van der Waals surface area contributed by atoms with E-state index in [1.54, 1.807) is 29.4 Å². The number of nitrogen functional groups attached to an aromatic ring is 1. The number of hydrogen-bond donors (Lipinski definition) is 3. The Morgan fingerprint density at radius 2 is 1.94 bits per heavy atom. The molecular formula is C23H25N7O. The van der Waals surface area contributed by atoms with Crippen molar-refractivity contribution < 1.29 is 0 Å². The summed E-state index contributed by atoms with van der Waals surface area (Å²) in [5.74, 6) is 1.53. The second-order valence-corrected chi connectivity index (χ2v) is 7.67. The van der Waals surface area contributed by atoms with Gasteiger partial charge >= 0.3 is 0 Å². The van der Waals surface area contributed by atoms with Gasteiger partial charge in [0.25, 0.3) is 5.56 Å². The van der Waals surface area contributed by atoms with Crippen molar-refractivity contribution in [3.05, 3.63) is 75.3 Å². The standard InChI is InChI=1S/C23H25N7O/c1-13-7-5-9-16-11-17(12-27-22-19(15(3)24)20(25)28-29(22)4)30(23(31)18(13)16)21-14(2)8-6-10-26-21/h5-11,24,27H,12H2,1-4H3,(H2,25,28). The molecule has 31 heavy (non-hydrogen) atoms. The first-order valence-electron chi connectivity index (χ1n) is 9.97. The molecule has 0 radical (unpaired) electrons. The lowest BCUT2D eigenvalue weighted by atomic mass is 10.1. The molecule has 0 amide bonds. The number of aromatic nitrogens is 4. The van der Waals surface area contributed by atoms with Gasteiger partial charge < -0.3 is 16.5 Å². The predicted octanol–water partition coefficient (Wildman–Crippen LogP) is 3.32. The van der Waals surface area contributed by atoms with E-state index in [9.17, 15) is 4.79 Å². The Labute approximate surface area is 179 Å². The van der Waals surface area contributed by atoms with E-state index in [2.05, 4.69) is 15.4 Å². The van der Waals surface area contributed by atoms with Crippen molar-refractivity contribution in [3.63, 3.8) is 0 Å². The third kappa shape index (κ3) is 3.46. The minimum atomic E-state index is -0.109. The molecule has 158 valence electrons. The molecule has 0 aliphatic heterocycles. The number of anilines is 2. The highest BCUT2D eigenvalue weighted by Crippen LogP contribution is 2.24. The average molecular weight is 416 g/mol. The van der Waals surface area contributed by atoms with E-state index in [0.717, 1.165) is 22.2 Å². The second-order valence-electron chi connectivity index (χ2n) is 7.67. The third-order valence-corrected chi connectivity index (χ3v) is 5.41. The summed E-state index contributed by atoms with van der Waals surface area (Å²) in [7, 11) is 1.77. The number of fused-ring (bicyclic) bond motifs is 1. The minimum absolute atomic E-state index is 0.109. The summed E-state index contributed by atoms with van der Waals surface area (Å²) in [5.41, 5.74) is 9.33. The predicted molar refractivity (Wildman–Crippen MR) is 124 cm³/mol. The Bertz CT molecular complexity index is 1380. The Morgan fingerprint density at radius 1 is 1.19 bits per heavy atom. The van der Waals surface area contributed by atoms with Crippen LogP contribution in [0.3, 0.4) is 0 Å². The summed E-state index contributed by atoms with van der Waals surface area (Å²) in [4.78, 5) is 18.1. The summed E-state index contributed by atoms with van der Waals surface area (Å²) in [6.45, 7) is 5.88. The van der Waals surface area contributed by atoms with Crippen LogP contribution in [0.15, 0.2) is 47.4 Å². The van der Waals surface area contributed by atoms with Crippen LogP contribution in [-0.2, 0) is 13.6 Å². The van der Waals surface area contributed by atoms with Crippen LogP contribution in [0.1, 0.15) is 29.3 Å². The van der Waals surface area contributed by atoms with Crippen LogP contribution in [0, 0.1) is 19.3 Å². The van der Waals surface area contributed by atoms with E-state index in [0.29, 0.717) is 40.7 Å². The molecule has 0 atom stereocenters. The van der Waals surface area contributed by atoms with Crippen LogP contribution in [0.5, 0.6) is 0 Å². The van der Waals surface area contributed by atoms with Gasteiger partial charge in [0.2, 0.25) is 0 Å². The Balaban J connectivity index is 1.91. The fourth-order valence-electron chi connectivity index (χ4n) is 3.95. The van der Waals surface area contributed by atoms with E-state index < -0.39 is 0 Å². The SMILES string of the molecule is CC(=N)c1c(N)nn(C)c1NCc1cc2cccc(C)c2c(=O)n1-c1ncccc1C. The van der Waals surface area contributed by atoms with Gasteiger partial charge in [0.15, 0.2) is 5.82 Å². The van der Waals surface area contributed by atoms with Gasteiger partial charge in [0.05, 0.1) is 17.5 Å². The van der Waals surface area contributed by atoms with Crippen LogP contribution in [0.4, 0.5) is 11.6 Å². The molecule has 4 aromatic rings. The highest BCUT2D eigenvalue weighted by Gasteiger charge is 2.18. The fourth-order valence-corrected chi connectivity index (χ4v) is 3.95. The smallest absolute Gasteiger partial charge is 0.264 e. The molecule has 8 nitrogen and oxygen atoms in total. The molecule has 0 spiro atoms. The van der Waals surface area contributed by atoms with Crippen molar-refractivity contribution >= 4 is 28.1 Å². The van der Waals surface area contributed by atoms with Crippen LogP contribution in [0.2, 0.25) is 0 Å². The van der Waals surface area contributed by atoms with Gasteiger partial charge in [-0.3, -0.25) is 14.0 Å². The molecule has 0 saturated carbocycles. The van der Waals surface area contributed by atoms with E-state index in [1.165, 1.54) is 0 Å². The molecule has 0 fully saturated rings. The number of benzene rings is 1. The maximum Gasteiger partial charge on any atom is 0.264 e. The Hall–Kier alpha value is -3.94. The topological polar surface area (TPSA) is 115 Å². The lowest BCUT2D eigenvalue weighted by Gasteiger charge is -2.17. The molecule has 4 N–H and O–H groups in total. The van der Waals surface area contributed by atoms with Crippen molar-refractivity contribution in [1.82, 2.24) is 19.3 Å². The second kappa shape index (κ2) is 7.71. The Kier molecular flexibility index (Phi) is 5.06. The summed E-state index contributed by atoms with van der Waals surface area (Å²) < 4.78 is 3.27. The summed E-state index contributed by atoms with van der Waals surface area (Å²) in [6.07, 6.45) is 1.69. The van der Waals surface area contributed by atoms with Crippen molar-refractivity contribution in [1.29, 1.82) is 5.41 Å². The van der Waals surface area contributed by atoms with Crippen molar-refractivity contribution in [2.45, 2.75) is 27.3 Å². The summed E-state index contributed by atoms with van der Waals surface area (Å²) in [5, 5.41) is 17.2. The highest BCUT2D eigenvalue weighted by atomic mass is 16.1. The molecule has 0 saturated heterocycles. The first kappa shape index (κ1) is 20.3. The monoisotopic (exact) mass is 415 g/mol. The van der Waals surface area contributed by atoms with Gasteiger partial charge in [-0.1, -0.05) is 24.3 Å². The molecule has 0 aliphatic carbocycles. The van der Waals surface area contributed by atoms with E-state index in [1.807, 2.05) is 50.2 Å². The maximum atomic E-state index is 13.6. The summed E-state index contributed by atoms with van der Waals surface area (Å²) >= 11 is 0. The molecule has 0 unspecified atom stereocenters. The van der Waals surface area contributed by atoms with Crippen LogP contribution < -0.4 is 16.6 Å². The third-order valence-electron chi connectivity index (χ3n) is 5.41. The first-order chi connectivity index (χ1) is 14.8. The normalized spacial score (nSPS) is 11.1. The quantitative estimate of drug-likeness (QED) is 0.433. The minimum Gasteiger partial charge on any atom is -0.382 e. The largest absolute Gasteiger partial charge is 0.382 e. The Morgan fingerprint density at radius 3 is 2.65 bits per heavy atom. The molecule has 1 aromatic carbocycles. The molecule has 4 rings (SSSR count). The zero-order valence-corrected chi connectivity index (χ0v) is 18.0. The van der Waals surface area contributed by atoms with Crippen LogP contribution in [-0.4, -0.2) is 25.0 Å². The average Bonchev–Trinajstić information content (AvgIpc) is 3.00. The number of nitrogens with one attached hydrogen (secondary N) is 2. The van der Waals surface area contributed by atoms with Crippen molar-refractivity contribution in [2.24, 2.45) is 7.05 Å². The number of nitrogens with two attached hydrogens (primary N) is 1. The van der Waals surface area contributed by atoms with Gasteiger partial charge in [-0.2, -0.15) is 5.10 Å². The molecule has 8 heteroatoms. The molecule has 3 aromatic heterocycles. The van der Waals surface area contributed by atoms with E-state index >= 15 is 0 Å². The molecular weight excluding hydrogens is 390 g/mol. The molecule has 0 aliphatic rings. The maximum absolute atomic E-state index is 13.6. The van der Waals surface area contributed by atoms with Gasteiger partial charge in [0, 0.05) is 24.7 Å². The number of aryl methyl sites for hydroxylation is 3. The van der Waals surface area contributed by atoms with Crippen molar-refractivity contribution in [2.75, 3.05) is 11.1 Å². The van der Waals surface area contributed by atoms with Gasteiger partial charge in [-0.15, -0.1) is 0 Å². The van der Waals surface area contributed by atoms with Crippen molar-refractivity contribution in [3.8, 4) is 5.82 Å². The molecule has 3 heterocycles. The fraction of sp³-hybridized carbons (Fsp3) is 0.217. The lowest BCUT2D eigenvalue weighted by molar-refractivity contribution is 0.766. The number of nitrogens with zero attached hydrogens (tertiary/aromatic N) is 4. The number of rotatable bonds is 5. The van der Waals surface area contributed by atoms with E-state index in [4.69, 9.17) is 11.1 Å². The first-order valence-corrected chi connectivity index (χ1v) is 9.97. The van der Waals surface area contributed by atoms with Gasteiger partial charge in [-0.25, -0.2) is 4.98 Å². The summed E-state index contributed by atoms with van der Waals surface area (Å²) in [6, 6.07) is 11.6. The van der Waals surface area contributed by atoms with Gasteiger partial charge in [-0.05, 0) is 49.4 Å². The van der Waals surface area contributed by atoms with Crippen LogP contribution in [0.25, 0.3) is 16.6 Å². The van der Waals surface area contributed by atoms with Crippen LogP contribution >= 0.6 is 0 Å².